The van der Waals surface area contributed by atoms with Crippen LogP contribution in [0, 0.1) is 0 Å². The van der Waals surface area contributed by atoms with Crippen LogP contribution in [0.1, 0.15) is 122 Å². The molecule has 0 aliphatic carbocycles. The van der Waals surface area contributed by atoms with E-state index in [2.05, 4.69) is 14.0 Å². The fourth-order valence-corrected chi connectivity index (χ4v) is 4.46. The Hall–Kier alpha value is 0.650. The lowest BCUT2D eigenvalue weighted by atomic mass is 10.0. The third kappa shape index (κ3) is 17.5. The van der Waals surface area contributed by atoms with E-state index in [1.807, 2.05) is 0 Å². The summed E-state index contributed by atoms with van der Waals surface area (Å²) in [5.41, 5.74) is 0. The van der Waals surface area contributed by atoms with Gasteiger partial charge in [-0.15, -0.1) is 0 Å². The second-order valence-electron chi connectivity index (χ2n) is 9.41. The molecule has 1 rings (SSSR count). The first kappa shape index (κ1) is 28.6. The minimum absolute atomic E-state index is 0. The smallest absolute Gasteiger partial charge is 0.102 e. The van der Waals surface area contributed by atoms with Gasteiger partial charge in [0.1, 0.15) is 6.54 Å². The number of rotatable bonds is 20. The number of ether oxygens (including phenoxy) is 1. The first-order chi connectivity index (χ1) is 13.3. The Morgan fingerprint density at radius 2 is 0.964 bits per heavy atom. The maximum atomic E-state index is 5.86. The van der Waals surface area contributed by atoms with Crippen LogP contribution >= 0.6 is 0 Å². The van der Waals surface area contributed by atoms with Gasteiger partial charge in [0, 0.05) is 19.4 Å². The van der Waals surface area contributed by atoms with Crippen molar-refractivity contribution in [3.63, 3.8) is 0 Å². The van der Waals surface area contributed by atoms with Gasteiger partial charge in [0.05, 0.1) is 26.7 Å². The van der Waals surface area contributed by atoms with Gasteiger partial charge in [-0.05, 0) is 6.42 Å². The third-order valence-electron chi connectivity index (χ3n) is 6.56. The molecule has 1 saturated heterocycles. The first-order valence-electron chi connectivity index (χ1n) is 12.7. The lowest BCUT2D eigenvalue weighted by Crippen LogP contribution is -3.00. The molecule has 170 valence electrons. The maximum absolute atomic E-state index is 5.86. The second kappa shape index (κ2) is 20.9. The fraction of sp³-hybridized carbons (Fsp3) is 1.00. The molecule has 0 N–H and O–H groups in total. The Bertz CT molecular complexity index is 305. The number of unbranched alkanes of at least 4 members (excludes halogenated alkanes) is 15. The quantitative estimate of drug-likeness (QED) is 0.133. The molecule has 0 amide bonds. The lowest BCUT2D eigenvalue weighted by Gasteiger charge is -2.28. The van der Waals surface area contributed by atoms with Crippen LogP contribution in [-0.4, -0.2) is 44.4 Å². The van der Waals surface area contributed by atoms with Crippen LogP contribution in [0.15, 0.2) is 0 Å². The van der Waals surface area contributed by atoms with Crippen LogP contribution in [0.3, 0.4) is 0 Å². The summed E-state index contributed by atoms with van der Waals surface area (Å²) in [6.45, 7) is 8.20. The van der Waals surface area contributed by atoms with Crippen LogP contribution in [0.4, 0.5) is 0 Å². The van der Waals surface area contributed by atoms with Crippen LogP contribution in [0.5, 0.6) is 0 Å². The Labute approximate surface area is 195 Å². The van der Waals surface area contributed by atoms with E-state index < -0.39 is 0 Å². The summed E-state index contributed by atoms with van der Waals surface area (Å²) in [6.07, 6.45) is 25.8. The molecule has 0 radical (unpaired) electrons. The van der Waals surface area contributed by atoms with Gasteiger partial charge in [0.15, 0.2) is 0 Å². The Morgan fingerprint density at radius 3 is 1.39 bits per heavy atom. The highest BCUT2D eigenvalue weighted by Gasteiger charge is 2.25. The summed E-state index contributed by atoms with van der Waals surface area (Å²) in [6, 6.07) is 0. The molecule has 1 aliphatic rings. The van der Waals surface area contributed by atoms with Gasteiger partial charge >= 0.3 is 0 Å². The van der Waals surface area contributed by atoms with Gasteiger partial charge in [-0.2, -0.15) is 0 Å². The van der Waals surface area contributed by atoms with E-state index in [-0.39, 0.29) is 24.0 Å². The summed E-state index contributed by atoms with van der Waals surface area (Å²) < 4.78 is 7.11. The van der Waals surface area contributed by atoms with Crippen molar-refractivity contribution >= 4 is 0 Å². The second-order valence-corrected chi connectivity index (χ2v) is 9.41. The van der Waals surface area contributed by atoms with Gasteiger partial charge in [-0.1, -0.05) is 103 Å². The Balaban J connectivity index is 0.00000729. The molecule has 1 aliphatic heterocycles. The van der Waals surface area contributed by atoms with Crippen molar-refractivity contribution < 1.29 is 33.2 Å². The molecule has 28 heavy (non-hydrogen) atoms. The van der Waals surface area contributed by atoms with E-state index in [0.717, 1.165) is 13.2 Å². The predicted molar refractivity (Wildman–Crippen MR) is 120 cm³/mol. The zero-order chi connectivity index (χ0) is 19.5. The summed E-state index contributed by atoms with van der Waals surface area (Å²) in [4.78, 5) is 0. The first-order valence-corrected chi connectivity index (χ1v) is 12.7. The topological polar surface area (TPSA) is 9.23 Å². The van der Waals surface area contributed by atoms with E-state index in [0.29, 0.717) is 0 Å². The molecule has 2 nitrogen and oxygen atoms in total. The number of likely N-dealkylation sites (tertiary alicyclic amines) is 1. The number of hydrogen-bond donors (Lipinski definition) is 0. The summed E-state index contributed by atoms with van der Waals surface area (Å²) in [7, 11) is 2.39. The van der Waals surface area contributed by atoms with Gasteiger partial charge in [0.25, 0.3) is 0 Å². The average Bonchev–Trinajstić information content (AvgIpc) is 3.10. The van der Waals surface area contributed by atoms with Crippen LogP contribution < -0.4 is 24.0 Å². The summed E-state index contributed by atoms with van der Waals surface area (Å²) >= 11 is 0. The summed E-state index contributed by atoms with van der Waals surface area (Å²) in [5, 5.41) is 0. The third-order valence-corrected chi connectivity index (χ3v) is 6.56. The number of nitrogens with zero attached hydrogens (tertiary/aromatic N) is 1. The Morgan fingerprint density at radius 1 is 0.571 bits per heavy atom. The van der Waals surface area contributed by atoms with Crippen LogP contribution in [0.2, 0.25) is 0 Å². The molecule has 0 unspecified atom stereocenters. The van der Waals surface area contributed by atoms with E-state index in [9.17, 15) is 0 Å². The molecule has 0 saturated carbocycles. The normalized spacial score (nSPS) is 15.6. The zero-order valence-corrected chi connectivity index (χ0v) is 21.7. The highest BCUT2D eigenvalue weighted by molar-refractivity contribution is 4.52. The van der Waals surface area contributed by atoms with Crippen LogP contribution in [0.25, 0.3) is 0 Å². The number of hydrogen-bond acceptors (Lipinski definition) is 1. The molecule has 0 aromatic heterocycles. The van der Waals surface area contributed by atoms with Gasteiger partial charge < -0.3 is 33.2 Å². The molecule has 1 fully saturated rings. The minimum atomic E-state index is 0. The van der Waals surface area contributed by atoms with E-state index in [1.54, 1.807) is 0 Å². The highest BCUT2D eigenvalue weighted by atomic mass is 127. The van der Waals surface area contributed by atoms with E-state index in [4.69, 9.17) is 4.74 Å². The number of likely N-dealkylation sites (N-methyl/N-ethyl adjacent to an activating group) is 1. The molecule has 0 bridgehead atoms. The largest absolute Gasteiger partial charge is 1.00 e. The zero-order valence-electron chi connectivity index (χ0n) is 19.5. The van der Waals surface area contributed by atoms with Crippen molar-refractivity contribution in [2.75, 3.05) is 39.9 Å². The molecule has 3 heteroatoms. The molecule has 0 aromatic rings. The molecule has 0 aromatic carbocycles. The van der Waals surface area contributed by atoms with Crippen molar-refractivity contribution in [3.8, 4) is 0 Å². The van der Waals surface area contributed by atoms with E-state index in [1.165, 1.54) is 140 Å². The number of halogens is 1. The van der Waals surface area contributed by atoms with Gasteiger partial charge in [0.2, 0.25) is 0 Å². The lowest BCUT2D eigenvalue weighted by molar-refractivity contribution is -0.898. The molecule has 0 spiro atoms. The van der Waals surface area contributed by atoms with Crippen molar-refractivity contribution in [2.45, 2.75) is 122 Å². The maximum Gasteiger partial charge on any atom is 0.102 e. The van der Waals surface area contributed by atoms with Crippen molar-refractivity contribution in [1.82, 2.24) is 0 Å². The van der Waals surface area contributed by atoms with Crippen molar-refractivity contribution in [3.05, 3.63) is 0 Å². The minimum Gasteiger partial charge on any atom is -1.00 e. The van der Waals surface area contributed by atoms with E-state index >= 15 is 0 Å². The molecular formula is C25H52INO. The standard InChI is InChI=1S/C25H52NO.HI/c1-3-4-5-6-7-8-9-10-11-12-13-14-15-16-17-20-24-27-25-23-26(2)21-18-19-22-26;/h3-25H2,1-2H3;1H/q+1;/p-1. The average molecular weight is 510 g/mol. The monoisotopic (exact) mass is 509 g/mol. The molecular weight excluding hydrogens is 457 g/mol. The number of quaternary nitrogens is 1. The molecule has 0 atom stereocenters. The fourth-order valence-electron chi connectivity index (χ4n) is 4.46. The van der Waals surface area contributed by atoms with Gasteiger partial charge in [-0.25, -0.2) is 0 Å². The summed E-state index contributed by atoms with van der Waals surface area (Å²) in [5.74, 6) is 0. The van der Waals surface area contributed by atoms with Crippen molar-refractivity contribution in [1.29, 1.82) is 0 Å². The highest BCUT2D eigenvalue weighted by Crippen LogP contribution is 2.16. The van der Waals surface area contributed by atoms with Crippen LogP contribution in [-0.2, 0) is 4.74 Å². The predicted octanol–water partition coefficient (Wildman–Crippen LogP) is 4.51. The van der Waals surface area contributed by atoms with Crippen molar-refractivity contribution in [2.24, 2.45) is 0 Å². The SMILES string of the molecule is CCCCCCCCCCCCCCCCCCOCC[N+]1(C)CCCC1.[I-]. The Kier molecular flexibility index (Phi) is 21.4. The molecule has 1 heterocycles. The van der Waals surface area contributed by atoms with Gasteiger partial charge in [-0.3, -0.25) is 0 Å².